The van der Waals surface area contributed by atoms with Gasteiger partial charge in [0.05, 0.1) is 13.2 Å². The minimum atomic E-state index is -1.01. The first-order chi connectivity index (χ1) is 14.3. The Hall–Kier alpha value is -3.30. The number of amides is 1. The number of aliphatic carboxylic acids is 1. The van der Waals surface area contributed by atoms with Crippen LogP contribution in [0.5, 0.6) is 5.75 Å². The van der Waals surface area contributed by atoms with Gasteiger partial charge in [0.1, 0.15) is 5.75 Å². The standard InChI is InChI=1S/C24H27NO5/c1-16(2)30-22(24(27)28)14-19-8-10-21(29-4)20(13-19)15-25-23(26)11-9-18-7-5-6-17(3)12-18/h5-8,10,12-13,16,22H,14-15H2,1-4H3,(H,25,26)(H,27,28). The second-order valence-electron chi connectivity index (χ2n) is 7.16. The molecule has 0 fully saturated rings. The highest BCUT2D eigenvalue weighted by atomic mass is 16.5. The van der Waals surface area contributed by atoms with Gasteiger partial charge in [-0.3, -0.25) is 4.79 Å². The number of ether oxygens (including phenoxy) is 2. The van der Waals surface area contributed by atoms with E-state index in [9.17, 15) is 14.7 Å². The zero-order chi connectivity index (χ0) is 22.1. The summed E-state index contributed by atoms with van der Waals surface area (Å²) in [7, 11) is 1.54. The highest BCUT2D eigenvalue weighted by Crippen LogP contribution is 2.21. The number of benzene rings is 2. The molecule has 2 N–H and O–H groups in total. The Kier molecular flexibility index (Phi) is 8.45. The molecule has 0 bridgehead atoms. The normalized spacial score (nSPS) is 11.4. The quantitative estimate of drug-likeness (QED) is 0.655. The van der Waals surface area contributed by atoms with Crippen LogP contribution in [-0.4, -0.2) is 36.3 Å². The molecule has 1 atom stereocenters. The van der Waals surface area contributed by atoms with Gasteiger partial charge in [0, 0.05) is 30.0 Å². The van der Waals surface area contributed by atoms with Crippen molar-refractivity contribution in [2.75, 3.05) is 7.11 Å². The fourth-order valence-electron chi connectivity index (χ4n) is 2.90. The number of methoxy groups -OCH3 is 1. The average Bonchev–Trinajstić information content (AvgIpc) is 2.70. The van der Waals surface area contributed by atoms with Crippen LogP contribution in [0, 0.1) is 18.8 Å². The lowest BCUT2D eigenvalue weighted by Gasteiger charge is -2.17. The van der Waals surface area contributed by atoms with Gasteiger partial charge in [-0.15, -0.1) is 0 Å². The molecule has 0 heterocycles. The third kappa shape index (κ3) is 7.26. The number of rotatable bonds is 8. The summed E-state index contributed by atoms with van der Waals surface area (Å²) in [5.41, 5.74) is 3.35. The molecule has 6 nitrogen and oxygen atoms in total. The molecule has 0 aromatic heterocycles. The van der Waals surface area contributed by atoms with Gasteiger partial charge in [-0.2, -0.15) is 0 Å². The molecule has 0 saturated carbocycles. The minimum absolute atomic E-state index is 0.199. The van der Waals surface area contributed by atoms with Gasteiger partial charge in [-0.25, -0.2) is 4.79 Å². The molecule has 2 aromatic carbocycles. The van der Waals surface area contributed by atoms with E-state index < -0.39 is 18.0 Å². The smallest absolute Gasteiger partial charge is 0.333 e. The maximum atomic E-state index is 12.1. The lowest BCUT2D eigenvalue weighted by molar-refractivity contribution is -0.153. The zero-order valence-electron chi connectivity index (χ0n) is 17.7. The summed E-state index contributed by atoms with van der Waals surface area (Å²) in [5, 5.41) is 12.1. The van der Waals surface area contributed by atoms with Crippen LogP contribution in [0.25, 0.3) is 0 Å². The lowest BCUT2D eigenvalue weighted by atomic mass is 10.0. The van der Waals surface area contributed by atoms with Gasteiger partial charge in [-0.1, -0.05) is 30.2 Å². The van der Waals surface area contributed by atoms with E-state index in [0.29, 0.717) is 5.75 Å². The Morgan fingerprint density at radius 3 is 2.57 bits per heavy atom. The highest BCUT2D eigenvalue weighted by Gasteiger charge is 2.20. The van der Waals surface area contributed by atoms with Gasteiger partial charge in [0.2, 0.25) is 0 Å². The van der Waals surface area contributed by atoms with Crippen molar-refractivity contribution in [2.45, 2.75) is 45.9 Å². The monoisotopic (exact) mass is 409 g/mol. The van der Waals surface area contributed by atoms with Crippen LogP contribution >= 0.6 is 0 Å². The highest BCUT2D eigenvalue weighted by molar-refractivity contribution is 5.94. The lowest BCUT2D eigenvalue weighted by Crippen LogP contribution is -2.29. The molecule has 0 aliphatic heterocycles. The van der Waals surface area contributed by atoms with Crippen molar-refractivity contribution in [1.82, 2.24) is 5.32 Å². The summed E-state index contributed by atoms with van der Waals surface area (Å²) in [6, 6.07) is 13.0. The molecule has 2 rings (SSSR count). The first kappa shape index (κ1) is 23.0. The maximum Gasteiger partial charge on any atom is 0.333 e. The van der Waals surface area contributed by atoms with Gasteiger partial charge >= 0.3 is 5.97 Å². The van der Waals surface area contributed by atoms with Crippen molar-refractivity contribution in [3.05, 3.63) is 64.7 Å². The second-order valence-corrected chi connectivity index (χ2v) is 7.16. The molecule has 0 aliphatic rings. The maximum absolute atomic E-state index is 12.1. The van der Waals surface area contributed by atoms with E-state index in [4.69, 9.17) is 9.47 Å². The average molecular weight is 409 g/mol. The number of hydrogen-bond acceptors (Lipinski definition) is 4. The Labute approximate surface area is 177 Å². The van der Waals surface area contributed by atoms with E-state index in [1.54, 1.807) is 33.1 Å². The van der Waals surface area contributed by atoms with Crippen LogP contribution in [0.4, 0.5) is 0 Å². The summed E-state index contributed by atoms with van der Waals surface area (Å²) in [4.78, 5) is 23.6. The predicted molar refractivity (Wildman–Crippen MR) is 114 cm³/mol. The van der Waals surface area contributed by atoms with Crippen molar-refractivity contribution in [2.24, 2.45) is 0 Å². The Morgan fingerprint density at radius 1 is 1.17 bits per heavy atom. The number of carbonyl (C=O) groups excluding carboxylic acids is 1. The van der Waals surface area contributed by atoms with Crippen LogP contribution in [-0.2, 0) is 27.3 Å². The largest absolute Gasteiger partial charge is 0.496 e. The molecule has 6 heteroatoms. The van der Waals surface area contributed by atoms with Crippen LogP contribution in [0.1, 0.15) is 36.1 Å². The summed E-state index contributed by atoms with van der Waals surface area (Å²) in [5.74, 6) is 4.60. The summed E-state index contributed by atoms with van der Waals surface area (Å²) >= 11 is 0. The zero-order valence-corrected chi connectivity index (χ0v) is 17.7. The minimum Gasteiger partial charge on any atom is -0.496 e. The predicted octanol–water partition coefficient (Wildman–Crippen LogP) is 3.09. The number of aryl methyl sites for hydroxylation is 1. The molecule has 30 heavy (non-hydrogen) atoms. The van der Waals surface area contributed by atoms with Gasteiger partial charge in [0.15, 0.2) is 6.10 Å². The van der Waals surface area contributed by atoms with E-state index in [-0.39, 0.29) is 19.1 Å². The van der Waals surface area contributed by atoms with Crippen molar-refractivity contribution >= 4 is 11.9 Å². The van der Waals surface area contributed by atoms with Crippen molar-refractivity contribution in [1.29, 1.82) is 0 Å². The third-order valence-corrected chi connectivity index (χ3v) is 4.26. The molecule has 0 spiro atoms. The van der Waals surface area contributed by atoms with E-state index in [1.165, 1.54) is 0 Å². The van der Waals surface area contributed by atoms with Gasteiger partial charge in [0.25, 0.3) is 5.91 Å². The molecule has 0 saturated heterocycles. The van der Waals surface area contributed by atoms with Crippen LogP contribution in [0.15, 0.2) is 42.5 Å². The number of carboxylic acid groups (broad SMARTS) is 1. The van der Waals surface area contributed by atoms with E-state index in [0.717, 1.165) is 22.3 Å². The molecule has 0 radical (unpaired) electrons. The molecule has 1 unspecified atom stereocenters. The Morgan fingerprint density at radius 2 is 1.93 bits per heavy atom. The van der Waals surface area contributed by atoms with E-state index >= 15 is 0 Å². The molecule has 2 aromatic rings. The van der Waals surface area contributed by atoms with Crippen LogP contribution < -0.4 is 10.1 Å². The molecule has 1 amide bonds. The molecule has 158 valence electrons. The molecular weight excluding hydrogens is 382 g/mol. The first-order valence-electron chi connectivity index (χ1n) is 9.69. The van der Waals surface area contributed by atoms with E-state index in [2.05, 4.69) is 17.2 Å². The second kappa shape index (κ2) is 11.0. The Balaban J connectivity index is 2.08. The molecule has 0 aliphatic carbocycles. The topological polar surface area (TPSA) is 84.9 Å². The number of carbonyl (C=O) groups is 2. The number of nitrogens with one attached hydrogen (secondary N) is 1. The number of carboxylic acids is 1. The SMILES string of the molecule is COc1ccc(CC(OC(C)C)C(=O)O)cc1CNC(=O)C#Cc1cccc(C)c1. The summed E-state index contributed by atoms with van der Waals surface area (Å²) < 4.78 is 10.8. The summed E-state index contributed by atoms with van der Waals surface area (Å²) in [6.45, 7) is 5.76. The van der Waals surface area contributed by atoms with E-state index in [1.807, 2.05) is 37.3 Å². The number of hydrogen-bond donors (Lipinski definition) is 2. The third-order valence-electron chi connectivity index (χ3n) is 4.26. The van der Waals surface area contributed by atoms with Crippen LogP contribution in [0.3, 0.4) is 0 Å². The van der Waals surface area contributed by atoms with Crippen molar-refractivity contribution in [3.8, 4) is 17.6 Å². The first-order valence-corrected chi connectivity index (χ1v) is 9.69. The molecular formula is C24H27NO5. The van der Waals surface area contributed by atoms with Crippen molar-refractivity contribution < 1.29 is 24.2 Å². The van der Waals surface area contributed by atoms with Gasteiger partial charge in [-0.05, 0) is 50.1 Å². The fraction of sp³-hybridized carbons (Fsp3) is 0.333. The van der Waals surface area contributed by atoms with Crippen molar-refractivity contribution in [3.63, 3.8) is 0 Å². The summed E-state index contributed by atoms with van der Waals surface area (Å²) in [6.07, 6.45) is -0.929. The van der Waals surface area contributed by atoms with Crippen LogP contribution in [0.2, 0.25) is 0 Å². The van der Waals surface area contributed by atoms with Gasteiger partial charge < -0.3 is 19.9 Å². The Bertz CT molecular complexity index is 956. The fourth-order valence-corrected chi connectivity index (χ4v) is 2.90.